The molecule has 0 spiro atoms. The van der Waals surface area contributed by atoms with Crippen molar-refractivity contribution in [3.8, 4) is 0 Å². The topological polar surface area (TPSA) is 70.8 Å². The molecule has 1 fully saturated rings. The Labute approximate surface area is 172 Å². The van der Waals surface area contributed by atoms with Gasteiger partial charge in [-0.1, -0.05) is 25.1 Å². The van der Waals surface area contributed by atoms with Gasteiger partial charge in [-0.05, 0) is 18.1 Å². The van der Waals surface area contributed by atoms with Crippen molar-refractivity contribution in [3.63, 3.8) is 0 Å². The van der Waals surface area contributed by atoms with Gasteiger partial charge in [-0.3, -0.25) is 9.89 Å². The average molecular weight is 398 g/mol. The van der Waals surface area contributed by atoms with Crippen molar-refractivity contribution in [2.75, 3.05) is 57.4 Å². The summed E-state index contributed by atoms with van der Waals surface area (Å²) < 4.78 is 7.55. The fraction of sp³-hybridized carbons (Fsp3) is 0.571. The molecule has 2 aliphatic rings. The minimum Gasteiger partial charge on any atom is -0.379 e. The number of morpholine rings is 1. The minimum absolute atomic E-state index is 0.786. The Kier molecular flexibility index (Phi) is 6.74. The monoisotopic (exact) mass is 397 g/mol. The smallest absolute Gasteiger partial charge is 0.198 e. The molecule has 1 saturated heterocycles. The number of anilines is 1. The largest absolute Gasteiger partial charge is 0.379 e. The highest BCUT2D eigenvalue weighted by Crippen LogP contribution is 2.27. The van der Waals surface area contributed by atoms with E-state index in [0.29, 0.717) is 0 Å². The minimum atomic E-state index is 0.786. The first-order valence-corrected chi connectivity index (χ1v) is 10.7. The number of rotatable bonds is 7. The van der Waals surface area contributed by atoms with Crippen LogP contribution in [-0.4, -0.2) is 78.1 Å². The number of ether oxygens (including phenoxy) is 1. The van der Waals surface area contributed by atoms with E-state index in [0.717, 1.165) is 83.7 Å². The molecule has 4 rings (SSSR count). The Morgan fingerprint density at radius 3 is 2.90 bits per heavy atom. The summed E-state index contributed by atoms with van der Waals surface area (Å²) in [5, 5.41) is 11.8. The summed E-state index contributed by atoms with van der Waals surface area (Å²) in [7, 11) is 0. The van der Waals surface area contributed by atoms with Crippen LogP contribution >= 0.6 is 0 Å². The van der Waals surface area contributed by atoms with Gasteiger partial charge in [0.2, 0.25) is 0 Å². The van der Waals surface area contributed by atoms with Crippen LogP contribution in [0.1, 0.15) is 18.3 Å². The Balaban J connectivity index is 1.41. The predicted octanol–water partition coefficient (Wildman–Crippen LogP) is 1.18. The summed E-state index contributed by atoms with van der Waals surface area (Å²) in [6.45, 7) is 10.1. The molecule has 1 aromatic carbocycles. The van der Waals surface area contributed by atoms with Crippen molar-refractivity contribution >= 4 is 11.6 Å². The van der Waals surface area contributed by atoms with Gasteiger partial charge in [0.1, 0.15) is 12.2 Å². The molecular formula is C21H31N7O. The van der Waals surface area contributed by atoms with E-state index in [2.05, 4.69) is 61.1 Å². The van der Waals surface area contributed by atoms with Crippen LogP contribution in [0.3, 0.4) is 0 Å². The molecule has 156 valence electrons. The number of aryl methyl sites for hydroxylation is 1. The van der Waals surface area contributed by atoms with Gasteiger partial charge in [0.15, 0.2) is 5.96 Å². The Bertz CT molecular complexity index is 813. The summed E-state index contributed by atoms with van der Waals surface area (Å²) in [6, 6.07) is 8.62. The van der Waals surface area contributed by atoms with Crippen molar-refractivity contribution in [3.05, 3.63) is 42.0 Å². The van der Waals surface area contributed by atoms with Crippen molar-refractivity contribution in [1.29, 1.82) is 0 Å². The molecular weight excluding hydrogens is 366 g/mol. The number of nitrogens with one attached hydrogen (secondary N) is 1. The molecule has 0 amide bonds. The Hall–Kier alpha value is -2.45. The maximum absolute atomic E-state index is 5.44. The van der Waals surface area contributed by atoms with Crippen LogP contribution in [0.25, 0.3) is 0 Å². The number of hydrogen-bond acceptors (Lipinski definition) is 5. The number of aliphatic imine (C=N–C) groups is 1. The Morgan fingerprint density at radius 2 is 2.03 bits per heavy atom. The first-order valence-electron chi connectivity index (χ1n) is 10.7. The lowest BCUT2D eigenvalue weighted by Crippen LogP contribution is -2.43. The van der Waals surface area contributed by atoms with E-state index in [1.54, 1.807) is 6.33 Å². The third-order valence-corrected chi connectivity index (χ3v) is 5.57. The molecule has 0 radical (unpaired) electrons. The Morgan fingerprint density at radius 1 is 1.17 bits per heavy atom. The van der Waals surface area contributed by atoms with Gasteiger partial charge >= 0.3 is 0 Å². The van der Waals surface area contributed by atoms with Crippen LogP contribution in [-0.2, 0) is 24.1 Å². The van der Waals surface area contributed by atoms with E-state index in [4.69, 9.17) is 9.73 Å². The number of benzene rings is 1. The van der Waals surface area contributed by atoms with Crippen LogP contribution in [0.2, 0.25) is 0 Å². The molecule has 8 heteroatoms. The zero-order chi connectivity index (χ0) is 19.9. The molecule has 1 aromatic heterocycles. The van der Waals surface area contributed by atoms with E-state index >= 15 is 0 Å². The molecule has 2 aromatic rings. The molecule has 0 unspecified atom stereocenters. The number of nitrogens with zero attached hydrogens (tertiary/aromatic N) is 6. The fourth-order valence-electron chi connectivity index (χ4n) is 3.94. The van der Waals surface area contributed by atoms with Crippen molar-refractivity contribution < 1.29 is 4.74 Å². The summed E-state index contributed by atoms with van der Waals surface area (Å²) in [5.74, 6) is 1.98. The van der Waals surface area contributed by atoms with Crippen LogP contribution < -0.4 is 10.2 Å². The maximum atomic E-state index is 5.44. The lowest BCUT2D eigenvalue weighted by atomic mass is 10.2. The van der Waals surface area contributed by atoms with Gasteiger partial charge in [0.25, 0.3) is 0 Å². The highest BCUT2D eigenvalue weighted by atomic mass is 16.5. The van der Waals surface area contributed by atoms with E-state index in [9.17, 15) is 0 Å². The second-order valence-electron chi connectivity index (χ2n) is 7.41. The number of fused-ring (bicyclic) bond motifs is 1. The summed E-state index contributed by atoms with van der Waals surface area (Å²) in [6.07, 6.45) is 3.76. The number of guanidine groups is 1. The zero-order valence-corrected chi connectivity index (χ0v) is 17.3. The maximum Gasteiger partial charge on any atom is 0.198 e. The van der Waals surface area contributed by atoms with E-state index in [-0.39, 0.29) is 0 Å². The number of aromatic nitrogens is 3. The lowest BCUT2D eigenvalue weighted by Gasteiger charge is -2.27. The van der Waals surface area contributed by atoms with Crippen LogP contribution in [0.4, 0.5) is 5.69 Å². The third-order valence-electron chi connectivity index (χ3n) is 5.57. The standard InChI is InChI=1S/C21H31N7O/c1-2-20-25-24-17-27(20)12-9-23-21(22-8-11-26-13-15-29-16-14-26)28-10-7-18-5-3-4-6-19(18)28/h3-6,17H,2,7-16H2,1H3,(H,22,23). The van der Waals surface area contributed by atoms with Gasteiger partial charge in [0.05, 0.1) is 19.8 Å². The third kappa shape index (κ3) is 4.94. The molecule has 0 bridgehead atoms. The van der Waals surface area contributed by atoms with Gasteiger partial charge in [-0.2, -0.15) is 0 Å². The van der Waals surface area contributed by atoms with Gasteiger partial charge in [-0.15, -0.1) is 10.2 Å². The zero-order valence-electron chi connectivity index (χ0n) is 17.3. The summed E-state index contributed by atoms with van der Waals surface area (Å²) >= 11 is 0. The number of para-hydroxylation sites is 1. The first kappa shape index (κ1) is 19.8. The molecule has 3 heterocycles. The van der Waals surface area contributed by atoms with Crippen molar-refractivity contribution in [2.24, 2.45) is 4.99 Å². The normalized spacial score (nSPS) is 17.6. The van der Waals surface area contributed by atoms with Gasteiger partial charge in [0, 0.05) is 51.4 Å². The van der Waals surface area contributed by atoms with Crippen molar-refractivity contribution in [1.82, 2.24) is 25.0 Å². The number of hydrogen-bond donors (Lipinski definition) is 1. The first-order chi connectivity index (χ1) is 14.3. The van der Waals surface area contributed by atoms with Gasteiger partial charge < -0.3 is 19.5 Å². The fourth-order valence-corrected chi connectivity index (χ4v) is 3.94. The lowest BCUT2D eigenvalue weighted by molar-refractivity contribution is 0.0394. The van der Waals surface area contributed by atoms with Crippen LogP contribution in [0, 0.1) is 0 Å². The summed E-state index contributed by atoms with van der Waals surface area (Å²) in [5.41, 5.74) is 2.66. The second-order valence-corrected chi connectivity index (χ2v) is 7.41. The molecule has 1 N–H and O–H groups in total. The highest BCUT2D eigenvalue weighted by Gasteiger charge is 2.22. The SMILES string of the molecule is CCc1nncn1CCNC(=NCCN1CCOCC1)N1CCc2ccccc21. The molecule has 29 heavy (non-hydrogen) atoms. The molecule has 2 aliphatic heterocycles. The van der Waals surface area contributed by atoms with Crippen LogP contribution in [0.15, 0.2) is 35.6 Å². The average Bonchev–Trinajstić information content (AvgIpc) is 3.40. The molecule has 0 saturated carbocycles. The van der Waals surface area contributed by atoms with E-state index < -0.39 is 0 Å². The highest BCUT2D eigenvalue weighted by molar-refractivity contribution is 5.98. The summed E-state index contributed by atoms with van der Waals surface area (Å²) in [4.78, 5) is 9.71. The van der Waals surface area contributed by atoms with E-state index in [1.807, 2.05) is 0 Å². The van der Waals surface area contributed by atoms with Crippen LogP contribution in [0.5, 0.6) is 0 Å². The quantitative estimate of drug-likeness (QED) is 0.559. The van der Waals surface area contributed by atoms with Gasteiger partial charge in [-0.25, -0.2) is 0 Å². The van der Waals surface area contributed by atoms with E-state index in [1.165, 1.54) is 11.3 Å². The molecule has 8 nitrogen and oxygen atoms in total. The van der Waals surface area contributed by atoms with Crippen molar-refractivity contribution in [2.45, 2.75) is 26.3 Å². The second kappa shape index (κ2) is 9.84. The molecule has 0 atom stereocenters. The molecule has 0 aliphatic carbocycles. The predicted molar refractivity (Wildman–Crippen MR) is 114 cm³/mol.